The fourth-order valence-electron chi connectivity index (χ4n) is 4.13. The Morgan fingerprint density at radius 2 is 2.07 bits per heavy atom. The van der Waals surface area contributed by atoms with Crippen LogP contribution >= 0.6 is 11.6 Å². The predicted octanol–water partition coefficient (Wildman–Crippen LogP) is 2.46. The fraction of sp³-hybridized carbons (Fsp3) is 0.579. The van der Waals surface area contributed by atoms with E-state index < -0.39 is 29.5 Å². The smallest absolute Gasteiger partial charge is 0.269 e. The van der Waals surface area contributed by atoms with Crippen molar-refractivity contribution in [2.45, 2.75) is 51.1 Å². The molecule has 0 radical (unpaired) electrons. The molecular weight excluding hydrogens is 399 g/mol. The van der Waals surface area contributed by atoms with E-state index in [4.69, 9.17) is 17.3 Å². The van der Waals surface area contributed by atoms with Crippen molar-refractivity contribution in [2.75, 3.05) is 5.32 Å². The highest BCUT2D eigenvalue weighted by molar-refractivity contribution is 6.29. The molecule has 2 unspecified atom stereocenters. The number of nitrogens with zero attached hydrogens (tertiary/aromatic N) is 3. The maximum atomic E-state index is 14.5. The molecule has 0 aromatic carbocycles. The summed E-state index contributed by atoms with van der Waals surface area (Å²) in [4.78, 5) is 24.8. The number of anilines is 1. The lowest BCUT2D eigenvalue weighted by molar-refractivity contribution is -0.118. The number of carbonyl (C=O) groups excluding carboxylic acids is 1. The molecule has 0 bridgehead atoms. The van der Waals surface area contributed by atoms with Crippen LogP contribution in [0.25, 0.3) is 0 Å². The van der Waals surface area contributed by atoms with Crippen LogP contribution in [0.5, 0.6) is 0 Å². The number of carbonyl (C=O) groups is 1. The van der Waals surface area contributed by atoms with Gasteiger partial charge in [0.1, 0.15) is 10.8 Å². The minimum absolute atomic E-state index is 0.0502. The summed E-state index contributed by atoms with van der Waals surface area (Å²) < 4.78 is 15.8. The Morgan fingerprint density at radius 3 is 2.66 bits per heavy atom. The SMILES string of the molecule is CCC(c1cc(Cl)n[nH]c1=O)n1cc(NC(=O)C(N)C(C2CC2)C2CC2)c(F)n1. The third-order valence-corrected chi connectivity index (χ3v) is 6.05. The summed E-state index contributed by atoms with van der Waals surface area (Å²) in [6, 6.07) is 0.207. The summed E-state index contributed by atoms with van der Waals surface area (Å²) in [7, 11) is 0. The van der Waals surface area contributed by atoms with E-state index in [1.165, 1.54) is 16.9 Å². The number of aromatic amines is 1. The van der Waals surface area contributed by atoms with Gasteiger partial charge in [0.05, 0.1) is 18.3 Å². The molecule has 4 rings (SSSR count). The largest absolute Gasteiger partial charge is 0.320 e. The Balaban J connectivity index is 1.53. The summed E-state index contributed by atoms with van der Waals surface area (Å²) in [6.45, 7) is 1.84. The van der Waals surface area contributed by atoms with E-state index in [0.29, 0.717) is 23.8 Å². The lowest BCUT2D eigenvalue weighted by atomic mass is 9.89. The number of aromatic nitrogens is 4. The van der Waals surface area contributed by atoms with E-state index in [9.17, 15) is 14.0 Å². The molecule has 29 heavy (non-hydrogen) atoms. The van der Waals surface area contributed by atoms with Crippen LogP contribution in [0.2, 0.25) is 5.15 Å². The van der Waals surface area contributed by atoms with Gasteiger partial charge in [-0.25, -0.2) is 5.10 Å². The van der Waals surface area contributed by atoms with Crippen LogP contribution in [0.15, 0.2) is 17.1 Å². The minimum atomic E-state index is -0.824. The second kappa shape index (κ2) is 7.87. The van der Waals surface area contributed by atoms with Crippen molar-refractivity contribution in [2.24, 2.45) is 23.5 Å². The molecule has 2 aromatic heterocycles. The normalized spacial score (nSPS) is 18.7. The number of H-pyrrole nitrogens is 1. The summed E-state index contributed by atoms with van der Waals surface area (Å²) >= 11 is 5.88. The molecule has 2 atom stereocenters. The van der Waals surface area contributed by atoms with Gasteiger partial charge in [-0.2, -0.15) is 9.49 Å². The zero-order chi connectivity index (χ0) is 20.7. The summed E-state index contributed by atoms with van der Waals surface area (Å²) in [5, 5.41) is 12.5. The Labute approximate surface area is 172 Å². The zero-order valence-corrected chi connectivity index (χ0v) is 16.8. The van der Waals surface area contributed by atoms with E-state index in [1.54, 1.807) is 0 Å². The molecule has 2 fully saturated rings. The van der Waals surface area contributed by atoms with E-state index in [0.717, 1.165) is 25.7 Å². The number of amides is 1. The molecule has 10 heteroatoms. The van der Waals surface area contributed by atoms with Crippen molar-refractivity contribution in [1.29, 1.82) is 0 Å². The highest BCUT2D eigenvalue weighted by Crippen LogP contribution is 2.50. The number of nitrogens with two attached hydrogens (primary N) is 1. The van der Waals surface area contributed by atoms with Gasteiger partial charge in [0, 0.05) is 5.56 Å². The van der Waals surface area contributed by atoms with Gasteiger partial charge in [0.25, 0.3) is 11.5 Å². The van der Waals surface area contributed by atoms with Gasteiger partial charge in [0.2, 0.25) is 5.91 Å². The first-order chi connectivity index (χ1) is 13.9. The van der Waals surface area contributed by atoms with Gasteiger partial charge >= 0.3 is 0 Å². The number of hydrogen-bond donors (Lipinski definition) is 3. The van der Waals surface area contributed by atoms with Crippen LogP contribution in [0.4, 0.5) is 10.1 Å². The molecule has 0 saturated heterocycles. The first kappa shape index (κ1) is 20.0. The second-order valence-corrected chi connectivity index (χ2v) is 8.37. The van der Waals surface area contributed by atoms with E-state index in [1.807, 2.05) is 6.92 Å². The zero-order valence-electron chi connectivity index (χ0n) is 16.1. The average Bonchev–Trinajstić information content (AvgIpc) is 3.61. The maximum Gasteiger partial charge on any atom is 0.269 e. The minimum Gasteiger partial charge on any atom is -0.320 e. The first-order valence-corrected chi connectivity index (χ1v) is 10.3. The lowest BCUT2D eigenvalue weighted by Gasteiger charge is -2.22. The second-order valence-electron chi connectivity index (χ2n) is 7.98. The van der Waals surface area contributed by atoms with E-state index >= 15 is 0 Å². The van der Waals surface area contributed by atoms with Crippen LogP contribution in [0, 0.1) is 23.7 Å². The molecule has 2 heterocycles. The van der Waals surface area contributed by atoms with Crippen LogP contribution in [0.3, 0.4) is 0 Å². The topological polar surface area (TPSA) is 119 Å². The fourth-order valence-corrected chi connectivity index (χ4v) is 4.29. The third-order valence-electron chi connectivity index (χ3n) is 5.86. The lowest BCUT2D eigenvalue weighted by Crippen LogP contribution is -2.43. The van der Waals surface area contributed by atoms with Crippen molar-refractivity contribution in [3.8, 4) is 0 Å². The third kappa shape index (κ3) is 4.20. The molecule has 4 N–H and O–H groups in total. The van der Waals surface area contributed by atoms with E-state index in [-0.39, 0.29) is 16.8 Å². The predicted molar refractivity (Wildman–Crippen MR) is 106 cm³/mol. The molecule has 2 aromatic rings. The standard InChI is InChI=1S/C19H24ClFN6O2/c1-2-13(11-7-14(20)24-25-18(11)28)27-8-12(17(21)26-27)23-19(29)16(22)15(9-3-4-9)10-5-6-10/h7-10,13,15-16H,2-6,22H2,1H3,(H,23,29)(H,25,28). The van der Waals surface area contributed by atoms with Crippen LogP contribution in [-0.4, -0.2) is 31.9 Å². The molecule has 0 aliphatic heterocycles. The van der Waals surface area contributed by atoms with Crippen molar-refractivity contribution >= 4 is 23.2 Å². The van der Waals surface area contributed by atoms with Gasteiger partial charge in [-0.05, 0) is 55.9 Å². The van der Waals surface area contributed by atoms with Crippen molar-refractivity contribution in [3.05, 3.63) is 39.3 Å². The van der Waals surface area contributed by atoms with Gasteiger partial charge in [0.15, 0.2) is 0 Å². The van der Waals surface area contributed by atoms with Crippen LogP contribution in [-0.2, 0) is 4.79 Å². The first-order valence-electron chi connectivity index (χ1n) is 9.95. The number of hydrogen-bond acceptors (Lipinski definition) is 5. The molecule has 0 spiro atoms. The van der Waals surface area contributed by atoms with Crippen molar-refractivity contribution < 1.29 is 9.18 Å². The number of halogens is 2. The molecule has 156 valence electrons. The Kier molecular flexibility index (Phi) is 5.44. The monoisotopic (exact) mass is 422 g/mol. The van der Waals surface area contributed by atoms with Gasteiger partial charge < -0.3 is 11.1 Å². The van der Waals surface area contributed by atoms with Gasteiger partial charge in [-0.15, -0.1) is 5.10 Å². The molecule has 2 aliphatic carbocycles. The summed E-state index contributed by atoms with van der Waals surface area (Å²) in [6.07, 6.45) is 6.27. The van der Waals surface area contributed by atoms with Crippen molar-refractivity contribution in [3.63, 3.8) is 0 Å². The Bertz CT molecular complexity index is 956. The van der Waals surface area contributed by atoms with Crippen LogP contribution in [0.1, 0.15) is 50.6 Å². The Morgan fingerprint density at radius 1 is 1.41 bits per heavy atom. The molecule has 1 amide bonds. The van der Waals surface area contributed by atoms with Crippen molar-refractivity contribution in [1.82, 2.24) is 20.0 Å². The number of nitrogens with one attached hydrogen (secondary N) is 2. The average molecular weight is 423 g/mol. The highest BCUT2D eigenvalue weighted by Gasteiger charge is 2.46. The highest BCUT2D eigenvalue weighted by atomic mass is 35.5. The maximum absolute atomic E-state index is 14.5. The summed E-state index contributed by atoms with van der Waals surface area (Å²) in [5.41, 5.74) is 6.07. The van der Waals surface area contributed by atoms with E-state index in [2.05, 4.69) is 20.6 Å². The quantitative estimate of drug-likeness (QED) is 0.603. The van der Waals surface area contributed by atoms with Gasteiger partial charge in [-0.3, -0.25) is 14.3 Å². The summed E-state index contributed by atoms with van der Waals surface area (Å²) in [5.74, 6) is -0.0546. The van der Waals surface area contributed by atoms with Crippen LogP contribution < -0.4 is 16.6 Å². The Hall–Kier alpha value is -2.26. The molecule has 8 nitrogen and oxygen atoms in total. The molecule has 2 aliphatic rings. The van der Waals surface area contributed by atoms with Gasteiger partial charge in [-0.1, -0.05) is 18.5 Å². The molecule has 2 saturated carbocycles. The number of rotatable bonds is 8. The molecular formula is C19H24ClFN6O2.